The molecule has 2 aliphatic rings. The Morgan fingerprint density at radius 1 is 0.542 bits per heavy atom. The summed E-state index contributed by atoms with van der Waals surface area (Å²) >= 11 is 0. The van der Waals surface area contributed by atoms with Crippen LogP contribution in [0.2, 0.25) is 0 Å². The molecule has 0 aliphatic carbocycles. The van der Waals surface area contributed by atoms with Gasteiger partial charge in [0.15, 0.2) is 43.1 Å². The maximum Gasteiger partial charge on any atom is 0.338 e. The van der Waals surface area contributed by atoms with E-state index >= 15 is 0 Å². The van der Waals surface area contributed by atoms with E-state index in [9.17, 15) is 29.4 Å². The van der Waals surface area contributed by atoms with Crippen LogP contribution in [0.3, 0.4) is 0 Å². The minimum Gasteiger partial charge on any atom is -0.455 e. The van der Waals surface area contributed by atoms with Crippen molar-refractivity contribution >= 4 is 23.9 Å². The number of benzene rings is 3. The maximum atomic E-state index is 13.2. The first kappa shape index (κ1) is 34.7. The van der Waals surface area contributed by atoms with Crippen molar-refractivity contribution in [3.63, 3.8) is 0 Å². The standard InChI is InChI=1S/C35H36O13/c1-19-26(45-31(38)22-13-7-4-8-14-22)25(37)28(47-33(40)24-17-11-6-12-18-24)35(43-19)48-30-29(44-21(3)36)27(20(2)42-34(30)41)46-32(39)23-15-9-5-10-16-23/h4-20,25-30,34-35,37,41H,1-3H3/t19-,20-,25+,26-,27-,28+,29+,30+,34+,35-/m0/s1. The van der Waals surface area contributed by atoms with E-state index in [1.165, 1.54) is 50.2 Å². The number of carbonyl (C=O) groups excluding carboxylic acids is 4. The second kappa shape index (κ2) is 15.5. The van der Waals surface area contributed by atoms with Crippen LogP contribution in [0.25, 0.3) is 0 Å². The number of hydrogen-bond donors (Lipinski definition) is 2. The zero-order valence-corrected chi connectivity index (χ0v) is 26.3. The van der Waals surface area contributed by atoms with Crippen molar-refractivity contribution in [1.29, 1.82) is 0 Å². The highest BCUT2D eigenvalue weighted by Crippen LogP contribution is 2.34. The SMILES string of the molecule is CC(=O)O[C@@H]1[C@@H](OC(=O)c2ccccc2)[C@H](C)O[C@@H](O)[C@@H]1O[C@@H]1O[C@@H](C)[C@H](OC(=O)c2ccccc2)[C@@H](O)[C@H]1OC(=O)c1ccccc1. The second-order valence-electron chi connectivity index (χ2n) is 11.3. The first-order valence-corrected chi connectivity index (χ1v) is 15.3. The quantitative estimate of drug-likeness (QED) is 0.253. The van der Waals surface area contributed by atoms with Gasteiger partial charge in [0.05, 0.1) is 28.9 Å². The molecule has 0 unspecified atom stereocenters. The van der Waals surface area contributed by atoms with Crippen LogP contribution in [0, 0.1) is 0 Å². The van der Waals surface area contributed by atoms with E-state index in [-0.39, 0.29) is 16.7 Å². The summed E-state index contributed by atoms with van der Waals surface area (Å²) < 4.78 is 40.3. The molecule has 5 rings (SSSR count). The Bertz CT molecular complexity index is 1550. The fourth-order valence-electron chi connectivity index (χ4n) is 5.47. The third-order valence-electron chi connectivity index (χ3n) is 7.85. The summed E-state index contributed by atoms with van der Waals surface area (Å²) in [5, 5.41) is 22.6. The topological polar surface area (TPSA) is 173 Å². The van der Waals surface area contributed by atoms with Crippen LogP contribution in [-0.2, 0) is 38.0 Å². The molecule has 0 saturated carbocycles. The van der Waals surface area contributed by atoms with Crippen molar-refractivity contribution in [2.24, 2.45) is 0 Å². The number of hydrogen-bond acceptors (Lipinski definition) is 13. The van der Waals surface area contributed by atoms with Gasteiger partial charge in [-0.15, -0.1) is 0 Å². The average Bonchev–Trinajstić information content (AvgIpc) is 3.08. The fourth-order valence-corrected chi connectivity index (χ4v) is 5.47. The molecule has 10 atom stereocenters. The Labute approximate surface area is 276 Å². The van der Waals surface area contributed by atoms with Crippen molar-refractivity contribution in [3.8, 4) is 0 Å². The molecule has 2 N–H and O–H groups in total. The van der Waals surface area contributed by atoms with E-state index in [0.717, 1.165) is 6.92 Å². The summed E-state index contributed by atoms with van der Waals surface area (Å²) in [4.78, 5) is 51.4. The molecule has 254 valence electrons. The molecular formula is C35H36O13. The molecule has 13 nitrogen and oxygen atoms in total. The summed E-state index contributed by atoms with van der Waals surface area (Å²) in [5.41, 5.74) is 0.567. The largest absolute Gasteiger partial charge is 0.455 e. The van der Waals surface area contributed by atoms with Crippen molar-refractivity contribution in [3.05, 3.63) is 108 Å². The first-order chi connectivity index (χ1) is 23.0. The van der Waals surface area contributed by atoms with Crippen molar-refractivity contribution in [2.75, 3.05) is 0 Å². The lowest BCUT2D eigenvalue weighted by Crippen LogP contribution is -2.65. The van der Waals surface area contributed by atoms with Gasteiger partial charge in [-0.3, -0.25) is 4.79 Å². The van der Waals surface area contributed by atoms with Crippen molar-refractivity contribution in [1.82, 2.24) is 0 Å². The van der Waals surface area contributed by atoms with E-state index in [0.29, 0.717) is 0 Å². The molecule has 13 heteroatoms. The van der Waals surface area contributed by atoms with Gasteiger partial charge in [-0.1, -0.05) is 54.6 Å². The summed E-state index contributed by atoms with van der Waals surface area (Å²) in [5.74, 6) is -3.15. The lowest BCUT2D eigenvalue weighted by Gasteiger charge is -2.47. The number of carbonyl (C=O) groups is 4. The molecule has 2 heterocycles. The zero-order valence-electron chi connectivity index (χ0n) is 26.3. The molecule has 48 heavy (non-hydrogen) atoms. The molecule has 0 bridgehead atoms. The van der Waals surface area contributed by atoms with Crippen LogP contribution in [0.4, 0.5) is 0 Å². The number of rotatable bonds is 9. The van der Waals surface area contributed by atoms with Crippen LogP contribution in [-0.4, -0.2) is 95.5 Å². The third-order valence-corrected chi connectivity index (χ3v) is 7.85. The Morgan fingerprint density at radius 3 is 1.42 bits per heavy atom. The Kier molecular flexibility index (Phi) is 11.2. The Hall–Kier alpha value is -4.66. The summed E-state index contributed by atoms with van der Waals surface area (Å²) in [6, 6.07) is 24.1. The van der Waals surface area contributed by atoms with Gasteiger partial charge in [0.2, 0.25) is 0 Å². The monoisotopic (exact) mass is 664 g/mol. The smallest absolute Gasteiger partial charge is 0.338 e. The molecule has 3 aromatic carbocycles. The van der Waals surface area contributed by atoms with Crippen LogP contribution in [0.15, 0.2) is 91.0 Å². The van der Waals surface area contributed by atoms with E-state index in [4.69, 9.17) is 33.2 Å². The maximum absolute atomic E-state index is 13.2. The van der Waals surface area contributed by atoms with E-state index < -0.39 is 85.3 Å². The lowest BCUT2D eigenvalue weighted by atomic mass is 9.97. The van der Waals surface area contributed by atoms with E-state index in [2.05, 4.69) is 0 Å². The van der Waals surface area contributed by atoms with Crippen LogP contribution >= 0.6 is 0 Å². The second-order valence-corrected chi connectivity index (χ2v) is 11.3. The predicted molar refractivity (Wildman–Crippen MR) is 164 cm³/mol. The zero-order chi connectivity index (χ0) is 34.4. The molecule has 0 amide bonds. The minimum absolute atomic E-state index is 0.139. The summed E-state index contributed by atoms with van der Waals surface area (Å²) in [7, 11) is 0. The van der Waals surface area contributed by atoms with Crippen LogP contribution < -0.4 is 0 Å². The number of ether oxygens (including phenoxy) is 7. The molecule has 2 fully saturated rings. The van der Waals surface area contributed by atoms with Gasteiger partial charge in [0.25, 0.3) is 0 Å². The predicted octanol–water partition coefficient (Wildman–Crippen LogP) is 2.82. The number of aliphatic hydroxyl groups excluding tert-OH is 2. The summed E-state index contributed by atoms with van der Waals surface area (Å²) in [6.07, 6.45) is -14.4. The van der Waals surface area contributed by atoms with Gasteiger partial charge in [0, 0.05) is 6.92 Å². The molecule has 3 aromatic rings. The van der Waals surface area contributed by atoms with Gasteiger partial charge >= 0.3 is 23.9 Å². The van der Waals surface area contributed by atoms with Crippen molar-refractivity contribution in [2.45, 2.75) is 82.2 Å². The van der Waals surface area contributed by atoms with E-state index in [1.807, 2.05) is 0 Å². The average molecular weight is 665 g/mol. The third kappa shape index (κ3) is 8.06. The highest BCUT2D eigenvalue weighted by Gasteiger charge is 2.54. The van der Waals surface area contributed by atoms with Gasteiger partial charge in [0.1, 0.15) is 6.10 Å². The Balaban J connectivity index is 1.43. The molecule has 2 saturated heterocycles. The number of esters is 4. The van der Waals surface area contributed by atoms with Crippen molar-refractivity contribution < 1.29 is 62.5 Å². The molecule has 2 aliphatic heterocycles. The van der Waals surface area contributed by atoms with Gasteiger partial charge in [-0.05, 0) is 50.2 Å². The lowest BCUT2D eigenvalue weighted by molar-refractivity contribution is -0.354. The first-order valence-electron chi connectivity index (χ1n) is 15.3. The van der Waals surface area contributed by atoms with Crippen LogP contribution in [0.5, 0.6) is 0 Å². The molecular weight excluding hydrogens is 628 g/mol. The highest BCUT2D eigenvalue weighted by atomic mass is 16.8. The molecule has 0 radical (unpaired) electrons. The fraction of sp³-hybridized carbons (Fsp3) is 0.371. The van der Waals surface area contributed by atoms with Crippen LogP contribution in [0.1, 0.15) is 51.8 Å². The summed E-state index contributed by atoms with van der Waals surface area (Å²) in [6.45, 7) is 4.14. The van der Waals surface area contributed by atoms with E-state index in [1.54, 1.807) is 54.6 Å². The highest BCUT2D eigenvalue weighted by molar-refractivity contribution is 5.90. The minimum atomic E-state index is -1.76. The normalized spacial score (nSPS) is 30.0. The molecule has 0 spiro atoms. The van der Waals surface area contributed by atoms with Gasteiger partial charge in [-0.2, -0.15) is 0 Å². The Morgan fingerprint density at radius 2 is 0.958 bits per heavy atom. The molecule has 0 aromatic heterocycles. The van der Waals surface area contributed by atoms with Gasteiger partial charge in [-0.25, -0.2) is 14.4 Å². The number of aliphatic hydroxyl groups is 2. The van der Waals surface area contributed by atoms with Gasteiger partial charge < -0.3 is 43.4 Å².